The molecule has 5 rings (SSSR count). The molecule has 0 bridgehead atoms. The van der Waals surface area contributed by atoms with Crippen molar-refractivity contribution in [2.45, 2.75) is 19.5 Å². The van der Waals surface area contributed by atoms with E-state index in [0.717, 1.165) is 22.4 Å². The molecule has 0 fully saturated rings. The maximum Gasteiger partial charge on any atom is 0.257 e. The minimum atomic E-state index is -0.281. The lowest BCUT2D eigenvalue weighted by Gasteiger charge is -2.14. The first-order chi connectivity index (χ1) is 16.5. The van der Waals surface area contributed by atoms with Crippen molar-refractivity contribution in [3.63, 3.8) is 0 Å². The van der Waals surface area contributed by atoms with E-state index in [9.17, 15) is 4.79 Å². The van der Waals surface area contributed by atoms with Gasteiger partial charge in [-0.25, -0.2) is 9.97 Å². The highest BCUT2D eigenvalue weighted by Gasteiger charge is 2.25. The summed E-state index contributed by atoms with van der Waals surface area (Å²) in [6.45, 7) is 2.39. The van der Waals surface area contributed by atoms with E-state index < -0.39 is 0 Å². The molecule has 3 aromatic carbocycles. The Hall–Kier alpha value is -4.39. The van der Waals surface area contributed by atoms with Gasteiger partial charge in [-0.15, -0.1) is 0 Å². The number of methoxy groups -OCH3 is 1. The van der Waals surface area contributed by atoms with Gasteiger partial charge in [-0.1, -0.05) is 54.6 Å². The number of para-hydroxylation sites is 2. The number of hydrogen-bond acceptors (Lipinski definition) is 5. The summed E-state index contributed by atoms with van der Waals surface area (Å²) in [4.78, 5) is 23.1. The molecule has 3 N–H and O–H groups in total. The van der Waals surface area contributed by atoms with Gasteiger partial charge in [0.15, 0.2) is 5.65 Å². The third kappa shape index (κ3) is 3.92. The van der Waals surface area contributed by atoms with Crippen molar-refractivity contribution in [1.82, 2.24) is 19.9 Å². The molecule has 0 spiro atoms. The molecule has 7 heteroatoms. The summed E-state index contributed by atoms with van der Waals surface area (Å²) in [5.41, 5.74) is 11.5. The molecule has 1 atom stereocenters. The lowest BCUT2D eigenvalue weighted by molar-refractivity contribution is 0.0942. The molecule has 2 aromatic heterocycles. The highest BCUT2D eigenvalue weighted by molar-refractivity contribution is 6.10. The quantitative estimate of drug-likeness (QED) is 0.390. The molecule has 0 radical (unpaired) electrons. The van der Waals surface area contributed by atoms with Gasteiger partial charge in [0, 0.05) is 0 Å². The fraction of sp³-hybridized carbons (Fsp3) is 0.148. The second-order valence-electron chi connectivity index (χ2n) is 8.18. The van der Waals surface area contributed by atoms with Crippen LogP contribution < -0.4 is 15.8 Å². The van der Waals surface area contributed by atoms with Crippen LogP contribution in [0, 0.1) is 0 Å². The van der Waals surface area contributed by atoms with Crippen LogP contribution in [0.3, 0.4) is 0 Å². The van der Waals surface area contributed by atoms with Crippen molar-refractivity contribution in [2.75, 3.05) is 12.8 Å². The predicted molar refractivity (Wildman–Crippen MR) is 134 cm³/mol. The van der Waals surface area contributed by atoms with Crippen molar-refractivity contribution in [3.05, 3.63) is 95.6 Å². The van der Waals surface area contributed by atoms with Crippen molar-refractivity contribution in [1.29, 1.82) is 0 Å². The molecule has 0 aliphatic rings. The number of carbonyl (C=O) groups is 1. The van der Waals surface area contributed by atoms with Crippen LogP contribution in [-0.2, 0) is 6.54 Å². The fourth-order valence-corrected chi connectivity index (χ4v) is 4.11. The van der Waals surface area contributed by atoms with Gasteiger partial charge in [0.25, 0.3) is 5.91 Å². The molecular weight excluding hydrogens is 426 g/mol. The van der Waals surface area contributed by atoms with Gasteiger partial charge in [-0.3, -0.25) is 4.79 Å². The van der Waals surface area contributed by atoms with E-state index in [1.807, 2.05) is 90.4 Å². The number of anilines is 1. The number of nitrogens with zero attached hydrogens (tertiary/aromatic N) is 3. The van der Waals surface area contributed by atoms with Crippen LogP contribution in [0.1, 0.15) is 34.5 Å². The SMILES string of the molecule is COc1ccc(Cn2c(N)c(C(=O)N[C@@H](C)c3ccccc3)c3nc4ccccc4nc32)cc1. The maximum atomic E-state index is 13.5. The number of carbonyl (C=O) groups excluding carboxylic acids is 1. The van der Waals surface area contributed by atoms with Crippen molar-refractivity contribution in [2.24, 2.45) is 0 Å². The van der Waals surface area contributed by atoms with Gasteiger partial charge in [-0.05, 0) is 42.3 Å². The molecule has 34 heavy (non-hydrogen) atoms. The number of nitrogens with one attached hydrogen (secondary N) is 1. The van der Waals surface area contributed by atoms with E-state index in [-0.39, 0.29) is 11.9 Å². The van der Waals surface area contributed by atoms with Crippen LogP contribution in [0.2, 0.25) is 0 Å². The molecule has 0 saturated heterocycles. The van der Waals surface area contributed by atoms with E-state index in [0.29, 0.717) is 34.6 Å². The van der Waals surface area contributed by atoms with Crippen molar-refractivity contribution in [3.8, 4) is 5.75 Å². The minimum absolute atomic E-state index is 0.193. The zero-order chi connectivity index (χ0) is 23.7. The summed E-state index contributed by atoms with van der Waals surface area (Å²) in [7, 11) is 1.63. The van der Waals surface area contributed by atoms with Gasteiger partial charge in [0.2, 0.25) is 0 Å². The van der Waals surface area contributed by atoms with E-state index in [1.54, 1.807) is 7.11 Å². The molecule has 5 aromatic rings. The first-order valence-corrected chi connectivity index (χ1v) is 11.1. The average molecular weight is 452 g/mol. The van der Waals surface area contributed by atoms with E-state index >= 15 is 0 Å². The number of aromatic nitrogens is 3. The van der Waals surface area contributed by atoms with Gasteiger partial charge >= 0.3 is 0 Å². The molecule has 2 heterocycles. The number of nitrogen functional groups attached to an aromatic ring is 1. The summed E-state index contributed by atoms with van der Waals surface area (Å²) >= 11 is 0. The second-order valence-corrected chi connectivity index (χ2v) is 8.18. The summed E-state index contributed by atoms with van der Waals surface area (Å²) in [6.07, 6.45) is 0. The lowest BCUT2D eigenvalue weighted by Crippen LogP contribution is -2.27. The largest absolute Gasteiger partial charge is 0.497 e. The number of nitrogens with two attached hydrogens (primary N) is 1. The Morgan fingerprint density at radius 3 is 2.29 bits per heavy atom. The van der Waals surface area contributed by atoms with Crippen LogP contribution in [0.15, 0.2) is 78.9 Å². The Labute approximate surface area is 197 Å². The van der Waals surface area contributed by atoms with Crippen molar-refractivity contribution < 1.29 is 9.53 Å². The molecule has 0 aliphatic carbocycles. The van der Waals surface area contributed by atoms with Crippen LogP contribution in [0.4, 0.5) is 5.82 Å². The molecular formula is C27H25N5O2. The van der Waals surface area contributed by atoms with Gasteiger partial charge < -0.3 is 20.4 Å². The highest BCUT2D eigenvalue weighted by atomic mass is 16.5. The number of benzene rings is 3. The first-order valence-electron chi connectivity index (χ1n) is 11.1. The maximum absolute atomic E-state index is 13.5. The fourth-order valence-electron chi connectivity index (χ4n) is 4.11. The Morgan fingerprint density at radius 2 is 1.62 bits per heavy atom. The molecule has 0 aliphatic heterocycles. The Kier molecular flexibility index (Phi) is 5.59. The van der Waals surface area contributed by atoms with Crippen LogP contribution >= 0.6 is 0 Å². The topological polar surface area (TPSA) is 95.1 Å². The van der Waals surface area contributed by atoms with E-state index in [1.165, 1.54) is 0 Å². The zero-order valence-electron chi connectivity index (χ0n) is 19.0. The third-order valence-corrected chi connectivity index (χ3v) is 5.97. The third-order valence-electron chi connectivity index (χ3n) is 5.97. The molecule has 0 saturated carbocycles. The highest BCUT2D eigenvalue weighted by Crippen LogP contribution is 2.29. The number of fused-ring (bicyclic) bond motifs is 2. The summed E-state index contributed by atoms with van der Waals surface area (Å²) in [5, 5.41) is 3.07. The van der Waals surface area contributed by atoms with Crippen LogP contribution in [0.25, 0.3) is 22.2 Å². The molecule has 1 amide bonds. The zero-order valence-corrected chi connectivity index (χ0v) is 19.0. The Bertz CT molecular complexity index is 1480. The standard InChI is InChI=1S/C27H25N5O2/c1-17(19-8-4-3-5-9-19)29-27(33)23-24-26(31-22-11-7-6-10-21(22)30-24)32(25(23)28)16-18-12-14-20(34-2)15-13-18/h3-15,17H,16,28H2,1-2H3,(H,29,33)/t17-/m0/s1. The Balaban J connectivity index is 1.60. The summed E-state index contributed by atoms with van der Waals surface area (Å²) < 4.78 is 7.11. The number of hydrogen-bond donors (Lipinski definition) is 2. The lowest BCUT2D eigenvalue weighted by atomic mass is 10.1. The summed E-state index contributed by atoms with van der Waals surface area (Å²) in [6, 6.07) is 24.9. The van der Waals surface area contributed by atoms with Gasteiger partial charge in [0.1, 0.15) is 22.6 Å². The Morgan fingerprint density at radius 1 is 0.971 bits per heavy atom. The first kappa shape index (κ1) is 21.5. The van der Waals surface area contributed by atoms with E-state index in [4.69, 9.17) is 20.4 Å². The summed E-state index contributed by atoms with van der Waals surface area (Å²) in [5.74, 6) is 0.825. The van der Waals surface area contributed by atoms with Crippen LogP contribution in [-0.4, -0.2) is 27.6 Å². The van der Waals surface area contributed by atoms with Gasteiger partial charge in [-0.2, -0.15) is 0 Å². The van der Waals surface area contributed by atoms with E-state index in [2.05, 4.69) is 5.32 Å². The number of ether oxygens (including phenoxy) is 1. The second kappa shape index (κ2) is 8.86. The smallest absolute Gasteiger partial charge is 0.257 e. The van der Waals surface area contributed by atoms with Crippen molar-refractivity contribution >= 4 is 33.9 Å². The molecule has 7 nitrogen and oxygen atoms in total. The van der Waals surface area contributed by atoms with Gasteiger partial charge in [0.05, 0.1) is 30.7 Å². The molecule has 170 valence electrons. The number of amides is 1. The molecule has 0 unspecified atom stereocenters. The monoisotopic (exact) mass is 451 g/mol. The average Bonchev–Trinajstić information content (AvgIpc) is 3.13. The van der Waals surface area contributed by atoms with Crippen LogP contribution in [0.5, 0.6) is 5.75 Å². The normalized spacial score (nSPS) is 12.1. The number of rotatable bonds is 6. The predicted octanol–water partition coefficient (Wildman–Crippen LogP) is 4.71. The minimum Gasteiger partial charge on any atom is -0.497 e.